The number of hydrogen-bond donors (Lipinski definition) is 1. The molecule has 25 heavy (non-hydrogen) atoms. The second kappa shape index (κ2) is 7.92. The van der Waals surface area contributed by atoms with E-state index in [0.29, 0.717) is 18.9 Å². The lowest BCUT2D eigenvalue weighted by Gasteiger charge is -2.35. The second-order valence-corrected chi connectivity index (χ2v) is 6.19. The predicted octanol–water partition coefficient (Wildman–Crippen LogP) is 1.64. The SMILES string of the molecule is Cc1cnc(NCCC(=O)N2CCN(c3ccccn3)CC2)nc1C. The van der Waals surface area contributed by atoms with Gasteiger partial charge in [-0.3, -0.25) is 4.79 Å². The first-order valence-corrected chi connectivity index (χ1v) is 8.61. The average molecular weight is 340 g/mol. The van der Waals surface area contributed by atoms with E-state index in [0.717, 1.165) is 43.3 Å². The Kier molecular flexibility index (Phi) is 5.42. The topological polar surface area (TPSA) is 74.2 Å². The molecule has 1 saturated heterocycles. The third kappa shape index (κ3) is 4.43. The molecule has 7 nitrogen and oxygen atoms in total. The molecule has 0 atom stereocenters. The van der Waals surface area contributed by atoms with Gasteiger partial charge in [-0.2, -0.15) is 0 Å². The minimum Gasteiger partial charge on any atom is -0.354 e. The Morgan fingerprint density at radius 2 is 1.96 bits per heavy atom. The summed E-state index contributed by atoms with van der Waals surface area (Å²) >= 11 is 0. The van der Waals surface area contributed by atoms with Crippen LogP contribution in [-0.2, 0) is 4.79 Å². The van der Waals surface area contributed by atoms with Gasteiger partial charge in [-0.25, -0.2) is 15.0 Å². The molecule has 7 heteroatoms. The Bertz CT molecular complexity index is 713. The first-order valence-electron chi connectivity index (χ1n) is 8.61. The number of piperazine rings is 1. The molecule has 1 aliphatic rings. The number of aromatic nitrogens is 3. The molecule has 3 rings (SSSR count). The Hall–Kier alpha value is -2.70. The van der Waals surface area contributed by atoms with Crippen LogP contribution < -0.4 is 10.2 Å². The van der Waals surface area contributed by atoms with Crippen LogP contribution in [0.25, 0.3) is 0 Å². The zero-order chi connectivity index (χ0) is 17.6. The van der Waals surface area contributed by atoms with Crippen molar-refractivity contribution in [2.45, 2.75) is 20.3 Å². The van der Waals surface area contributed by atoms with Gasteiger partial charge in [0.25, 0.3) is 0 Å². The molecule has 0 radical (unpaired) electrons. The second-order valence-electron chi connectivity index (χ2n) is 6.19. The Morgan fingerprint density at radius 3 is 2.64 bits per heavy atom. The molecule has 0 spiro atoms. The van der Waals surface area contributed by atoms with E-state index in [4.69, 9.17) is 0 Å². The van der Waals surface area contributed by atoms with Crippen molar-refractivity contribution in [2.24, 2.45) is 0 Å². The number of amides is 1. The van der Waals surface area contributed by atoms with Gasteiger partial charge in [-0.15, -0.1) is 0 Å². The van der Waals surface area contributed by atoms with Crippen molar-refractivity contribution >= 4 is 17.7 Å². The van der Waals surface area contributed by atoms with E-state index >= 15 is 0 Å². The van der Waals surface area contributed by atoms with E-state index in [1.54, 1.807) is 12.4 Å². The fourth-order valence-corrected chi connectivity index (χ4v) is 2.78. The van der Waals surface area contributed by atoms with Crippen molar-refractivity contribution in [3.63, 3.8) is 0 Å². The van der Waals surface area contributed by atoms with Crippen LogP contribution in [0.5, 0.6) is 0 Å². The summed E-state index contributed by atoms with van der Waals surface area (Å²) in [5.41, 5.74) is 2.02. The van der Waals surface area contributed by atoms with Gasteiger partial charge in [0, 0.05) is 57.2 Å². The molecule has 1 fully saturated rings. The van der Waals surface area contributed by atoms with Crippen molar-refractivity contribution in [1.29, 1.82) is 0 Å². The van der Waals surface area contributed by atoms with E-state index in [1.165, 1.54) is 0 Å². The maximum absolute atomic E-state index is 12.4. The third-order valence-electron chi connectivity index (χ3n) is 4.45. The quantitative estimate of drug-likeness (QED) is 0.892. The number of nitrogens with one attached hydrogen (secondary N) is 1. The molecule has 1 amide bonds. The molecule has 1 N–H and O–H groups in total. The van der Waals surface area contributed by atoms with Crippen molar-refractivity contribution in [3.8, 4) is 0 Å². The maximum Gasteiger partial charge on any atom is 0.224 e. The Balaban J connectivity index is 1.43. The standard InChI is InChI=1S/C18H24N6O/c1-14-13-21-18(22-15(14)2)20-8-6-17(25)24-11-9-23(10-12-24)16-5-3-4-7-19-16/h3-5,7,13H,6,8-12H2,1-2H3,(H,20,21,22). The van der Waals surface area contributed by atoms with Crippen LogP contribution in [0.15, 0.2) is 30.6 Å². The zero-order valence-electron chi connectivity index (χ0n) is 14.8. The van der Waals surface area contributed by atoms with Crippen molar-refractivity contribution in [3.05, 3.63) is 41.9 Å². The van der Waals surface area contributed by atoms with Gasteiger partial charge in [-0.1, -0.05) is 6.07 Å². The number of carbonyl (C=O) groups excluding carboxylic acids is 1. The van der Waals surface area contributed by atoms with Gasteiger partial charge in [0.2, 0.25) is 11.9 Å². The van der Waals surface area contributed by atoms with Gasteiger partial charge in [-0.05, 0) is 31.5 Å². The summed E-state index contributed by atoms with van der Waals surface area (Å²) in [5.74, 6) is 1.72. The minimum absolute atomic E-state index is 0.164. The number of rotatable bonds is 5. The monoisotopic (exact) mass is 340 g/mol. The minimum atomic E-state index is 0.164. The number of hydrogen-bond acceptors (Lipinski definition) is 6. The van der Waals surface area contributed by atoms with Crippen molar-refractivity contribution in [1.82, 2.24) is 19.9 Å². The lowest BCUT2D eigenvalue weighted by atomic mass is 10.2. The fraction of sp³-hybridized carbons (Fsp3) is 0.444. The summed E-state index contributed by atoms with van der Waals surface area (Å²) in [6.45, 7) is 7.57. The Morgan fingerprint density at radius 1 is 1.16 bits per heavy atom. The zero-order valence-corrected chi connectivity index (χ0v) is 14.8. The molecule has 3 heterocycles. The van der Waals surface area contributed by atoms with Crippen LogP contribution in [0, 0.1) is 13.8 Å². The summed E-state index contributed by atoms with van der Waals surface area (Å²) in [7, 11) is 0. The van der Waals surface area contributed by atoms with Crippen LogP contribution in [-0.4, -0.2) is 58.5 Å². The summed E-state index contributed by atoms with van der Waals surface area (Å²) < 4.78 is 0. The summed E-state index contributed by atoms with van der Waals surface area (Å²) in [6, 6.07) is 5.90. The van der Waals surface area contributed by atoms with Crippen molar-refractivity contribution < 1.29 is 4.79 Å². The predicted molar refractivity (Wildman–Crippen MR) is 97.6 cm³/mol. The van der Waals surface area contributed by atoms with Gasteiger partial charge in [0.05, 0.1) is 0 Å². The summed E-state index contributed by atoms with van der Waals surface area (Å²) in [5, 5.41) is 3.13. The van der Waals surface area contributed by atoms with Gasteiger partial charge >= 0.3 is 0 Å². The van der Waals surface area contributed by atoms with Crippen LogP contribution in [0.1, 0.15) is 17.7 Å². The summed E-state index contributed by atoms with van der Waals surface area (Å²) in [4.78, 5) is 29.5. The molecule has 0 aliphatic carbocycles. The molecule has 0 aromatic carbocycles. The van der Waals surface area contributed by atoms with E-state index in [2.05, 4.69) is 25.2 Å². The van der Waals surface area contributed by atoms with Crippen molar-refractivity contribution in [2.75, 3.05) is 42.9 Å². The highest BCUT2D eigenvalue weighted by Crippen LogP contribution is 2.13. The maximum atomic E-state index is 12.4. The smallest absolute Gasteiger partial charge is 0.224 e. The van der Waals surface area contributed by atoms with Crippen LogP contribution in [0.3, 0.4) is 0 Å². The number of pyridine rings is 1. The molecular weight excluding hydrogens is 316 g/mol. The molecular formula is C18H24N6O. The van der Waals surface area contributed by atoms with Gasteiger partial charge in [0.1, 0.15) is 5.82 Å². The first-order chi connectivity index (χ1) is 12.1. The van der Waals surface area contributed by atoms with E-state index < -0.39 is 0 Å². The third-order valence-corrected chi connectivity index (χ3v) is 4.45. The molecule has 0 unspecified atom stereocenters. The largest absolute Gasteiger partial charge is 0.354 e. The van der Waals surface area contributed by atoms with Gasteiger partial charge in [0.15, 0.2) is 0 Å². The number of nitrogens with zero attached hydrogens (tertiary/aromatic N) is 5. The highest BCUT2D eigenvalue weighted by atomic mass is 16.2. The molecule has 2 aromatic rings. The van der Waals surface area contributed by atoms with Crippen LogP contribution in [0.2, 0.25) is 0 Å². The lowest BCUT2D eigenvalue weighted by Crippen LogP contribution is -2.49. The highest BCUT2D eigenvalue weighted by molar-refractivity contribution is 5.77. The number of aryl methyl sites for hydroxylation is 2. The molecule has 0 saturated carbocycles. The fourth-order valence-electron chi connectivity index (χ4n) is 2.78. The number of carbonyl (C=O) groups is 1. The van der Waals surface area contributed by atoms with E-state index in [9.17, 15) is 4.79 Å². The van der Waals surface area contributed by atoms with E-state index in [-0.39, 0.29) is 5.91 Å². The lowest BCUT2D eigenvalue weighted by molar-refractivity contribution is -0.131. The number of anilines is 2. The first kappa shape index (κ1) is 17.1. The Labute approximate surface area is 148 Å². The normalized spacial score (nSPS) is 14.5. The van der Waals surface area contributed by atoms with Crippen LogP contribution in [0.4, 0.5) is 11.8 Å². The average Bonchev–Trinajstić information content (AvgIpc) is 2.65. The molecule has 132 valence electrons. The van der Waals surface area contributed by atoms with Crippen LogP contribution >= 0.6 is 0 Å². The molecule has 1 aliphatic heterocycles. The highest BCUT2D eigenvalue weighted by Gasteiger charge is 2.21. The van der Waals surface area contributed by atoms with Gasteiger partial charge < -0.3 is 15.1 Å². The molecule has 2 aromatic heterocycles. The summed E-state index contributed by atoms with van der Waals surface area (Å²) in [6.07, 6.45) is 4.04. The molecule has 0 bridgehead atoms. The van der Waals surface area contributed by atoms with E-state index in [1.807, 2.05) is 36.9 Å².